The number of amides is 1. The second-order valence-electron chi connectivity index (χ2n) is 5.39. The molecule has 0 atom stereocenters. The van der Waals surface area contributed by atoms with E-state index in [0.29, 0.717) is 25.2 Å². The molecule has 18 heavy (non-hydrogen) atoms. The molecule has 0 aromatic heterocycles. The smallest absolute Gasteiger partial charge is 0.304 e. The Morgan fingerprint density at radius 3 is 2.39 bits per heavy atom. The van der Waals surface area contributed by atoms with Crippen molar-refractivity contribution in [1.82, 2.24) is 10.2 Å². The summed E-state index contributed by atoms with van der Waals surface area (Å²) in [7, 11) is 0. The number of carboxylic acid groups (broad SMARTS) is 1. The summed E-state index contributed by atoms with van der Waals surface area (Å²) in [5, 5.41) is 11.8. The van der Waals surface area contributed by atoms with E-state index in [0.717, 1.165) is 25.7 Å². The molecule has 5 nitrogen and oxygen atoms in total. The molecule has 2 N–H and O–H groups in total. The summed E-state index contributed by atoms with van der Waals surface area (Å²) >= 11 is 0. The molecule has 0 aliphatic heterocycles. The van der Waals surface area contributed by atoms with Crippen molar-refractivity contribution in [1.29, 1.82) is 0 Å². The Labute approximate surface area is 108 Å². The van der Waals surface area contributed by atoms with Crippen LogP contribution in [-0.4, -0.2) is 47.1 Å². The van der Waals surface area contributed by atoms with Crippen LogP contribution in [0.15, 0.2) is 0 Å². The third-order valence-electron chi connectivity index (χ3n) is 3.74. The van der Waals surface area contributed by atoms with Gasteiger partial charge in [0.2, 0.25) is 5.91 Å². The Morgan fingerprint density at radius 1 is 1.17 bits per heavy atom. The van der Waals surface area contributed by atoms with E-state index in [1.165, 1.54) is 12.8 Å². The molecule has 102 valence electrons. The zero-order chi connectivity index (χ0) is 13.0. The summed E-state index contributed by atoms with van der Waals surface area (Å²) in [4.78, 5) is 24.5. The molecule has 2 fully saturated rings. The van der Waals surface area contributed by atoms with Crippen LogP contribution >= 0.6 is 0 Å². The van der Waals surface area contributed by atoms with Gasteiger partial charge in [0.1, 0.15) is 0 Å². The topological polar surface area (TPSA) is 69.6 Å². The van der Waals surface area contributed by atoms with Gasteiger partial charge in [-0.1, -0.05) is 12.8 Å². The van der Waals surface area contributed by atoms with E-state index in [9.17, 15) is 9.59 Å². The number of hydrogen-bond donors (Lipinski definition) is 2. The number of nitrogens with zero attached hydrogens (tertiary/aromatic N) is 1. The normalized spacial score (nSPS) is 20.3. The fourth-order valence-corrected chi connectivity index (χ4v) is 2.60. The van der Waals surface area contributed by atoms with E-state index in [-0.39, 0.29) is 12.3 Å². The summed E-state index contributed by atoms with van der Waals surface area (Å²) in [6.07, 6.45) is 6.89. The van der Waals surface area contributed by atoms with Crippen molar-refractivity contribution in [3.63, 3.8) is 0 Å². The number of carbonyl (C=O) groups is 2. The maximum atomic E-state index is 11.9. The maximum Gasteiger partial charge on any atom is 0.304 e. The molecule has 0 aromatic carbocycles. The van der Waals surface area contributed by atoms with Crippen molar-refractivity contribution < 1.29 is 14.7 Å². The zero-order valence-corrected chi connectivity index (χ0v) is 10.7. The minimum atomic E-state index is -0.795. The van der Waals surface area contributed by atoms with Crippen LogP contribution < -0.4 is 5.32 Å². The van der Waals surface area contributed by atoms with Gasteiger partial charge < -0.3 is 10.4 Å². The second kappa shape index (κ2) is 6.18. The number of carbonyl (C=O) groups excluding carboxylic acids is 1. The van der Waals surface area contributed by atoms with Gasteiger partial charge in [-0.2, -0.15) is 0 Å². The van der Waals surface area contributed by atoms with Crippen LogP contribution in [0.25, 0.3) is 0 Å². The van der Waals surface area contributed by atoms with Crippen molar-refractivity contribution in [2.45, 2.75) is 57.0 Å². The number of hydrogen-bond acceptors (Lipinski definition) is 3. The number of rotatable bonds is 7. The van der Waals surface area contributed by atoms with Crippen molar-refractivity contribution >= 4 is 11.9 Å². The van der Waals surface area contributed by atoms with Crippen molar-refractivity contribution in [2.75, 3.05) is 13.1 Å². The molecule has 2 aliphatic rings. The van der Waals surface area contributed by atoms with Crippen LogP contribution in [0, 0.1) is 0 Å². The molecule has 0 saturated heterocycles. The molecule has 0 bridgehead atoms. The molecule has 2 aliphatic carbocycles. The van der Waals surface area contributed by atoms with Crippen LogP contribution in [-0.2, 0) is 9.59 Å². The lowest BCUT2D eigenvalue weighted by Crippen LogP contribution is -2.42. The molecule has 0 spiro atoms. The summed E-state index contributed by atoms with van der Waals surface area (Å²) in [6, 6.07) is 0.775. The van der Waals surface area contributed by atoms with E-state index in [1.54, 1.807) is 0 Å². The van der Waals surface area contributed by atoms with Crippen molar-refractivity contribution in [3.8, 4) is 0 Å². The van der Waals surface area contributed by atoms with Gasteiger partial charge >= 0.3 is 5.97 Å². The third-order valence-corrected chi connectivity index (χ3v) is 3.74. The minimum Gasteiger partial charge on any atom is -0.481 e. The van der Waals surface area contributed by atoms with Crippen LogP contribution in [0.5, 0.6) is 0 Å². The van der Waals surface area contributed by atoms with Crippen molar-refractivity contribution in [2.24, 2.45) is 0 Å². The van der Waals surface area contributed by atoms with E-state index in [1.807, 2.05) is 4.90 Å². The van der Waals surface area contributed by atoms with Crippen LogP contribution in [0.1, 0.15) is 44.9 Å². The lowest BCUT2D eigenvalue weighted by atomic mass is 10.2. The highest BCUT2D eigenvalue weighted by Crippen LogP contribution is 2.26. The quantitative estimate of drug-likeness (QED) is 0.710. The SMILES string of the molecule is O=C(O)CCN(CC(=O)NC1CCCC1)C1CC1. The zero-order valence-electron chi connectivity index (χ0n) is 10.7. The van der Waals surface area contributed by atoms with E-state index in [2.05, 4.69) is 5.32 Å². The van der Waals surface area contributed by atoms with Crippen LogP contribution in [0.2, 0.25) is 0 Å². The Balaban J connectivity index is 1.73. The highest BCUT2D eigenvalue weighted by molar-refractivity contribution is 5.78. The summed E-state index contributed by atoms with van der Waals surface area (Å²) in [5.74, 6) is -0.740. The number of carboxylic acids is 1. The Hall–Kier alpha value is -1.10. The van der Waals surface area contributed by atoms with E-state index < -0.39 is 5.97 Å². The maximum absolute atomic E-state index is 11.9. The number of nitrogens with one attached hydrogen (secondary N) is 1. The molecule has 0 aromatic rings. The fraction of sp³-hybridized carbons (Fsp3) is 0.846. The van der Waals surface area contributed by atoms with Gasteiger partial charge in [-0.3, -0.25) is 14.5 Å². The first-order valence-corrected chi connectivity index (χ1v) is 6.90. The number of aliphatic carboxylic acids is 1. The molecule has 2 rings (SSSR count). The van der Waals surface area contributed by atoms with E-state index >= 15 is 0 Å². The lowest BCUT2D eigenvalue weighted by molar-refractivity contribution is -0.137. The molecular formula is C13H22N2O3. The molecule has 2 saturated carbocycles. The predicted molar refractivity (Wildman–Crippen MR) is 67.2 cm³/mol. The van der Waals surface area contributed by atoms with Crippen molar-refractivity contribution in [3.05, 3.63) is 0 Å². The molecule has 5 heteroatoms. The molecule has 1 amide bonds. The highest BCUT2D eigenvalue weighted by Gasteiger charge is 2.30. The van der Waals surface area contributed by atoms with Gasteiger partial charge in [-0.25, -0.2) is 0 Å². The van der Waals surface area contributed by atoms with Gasteiger partial charge in [0.25, 0.3) is 0 Å². The highest BCUT2D eigenvalue weighted by atomic mass is 16.4. The first-order valence-electron chi connectivity index (χ1n) is 6.90. The minimum absolute atomic E-state index is 0.0548. The monoisotopic (exact) mass is 254 g/mol. The molecule has 0 unspecified atom stereocenters. The van der Waals surface area contributed by atoms with Gasteiger partial charge in [0.15, 0.2) is 0 Å². The average Bonchev–Trinajstić information content (AvgIpc) is 3.03. The first kappa shape index (κ1) is 13.3. The van der Waals surface area contributed by atoms with E-state index in [4.69, 9.17) is 5.11 Å². The summed E-state index contributed by atoms with van der Waals surface area (Å²) < 4.78 is 0. The van der Waals surface area contributed by atoms with Gasteiger partial charge in [-0.05, 0) is 25.7 Å². The molecule has 0 heterocycles. The summed E-state index contributed by atoms with van der Waals surface area (Å²) in [5.41, 5.74) is 0. The van der Waals surface area contributed by atoms with Gasteiger partial charge in [-0.15, -0.1) is 0 Å². The Kier molecular flexibility index (Phi) is 4.58. The molecular weight excluding hydrogens is 232 g/mol. The standard InChI is InChI=1S/C13H22N2O3/c16-12(14-10-3-1-2-4-10)9-15(11-5-6-11)8-7-13(17)18/h10-11H,1-9H2,(H,14,16)(H,17,18). The Morgan fingerprint density at radius 2 is 1.83 bits per heavy atom. The van der Waals surface area contributed by atoms with Crippen LogP contribution in [0.4, 0.5) is 0 Å². The average molecular weight is 254 g/mol. The molecule has 0 radical (unpaired) electrons. The predicted octanol–water partition coefficient (Wildman–Crippen LogP) is 0.984. The van der Waals surface area contributed by atoms with Crippen LogP contribution in [0.3, 0.4) is 0 Å². The Bertz CT molecular complexity index is 309. The fourth-order valence-electron chi connectivity index (χ4n) is 2.60. The van der Waals surface area contributed by atoms with Gasteiger partial charge in [0.05, 0.1) is 13.0 Å². The second-order valence-corrected chi connectivity index (χ2v) is 5.39. The largest absolute Gasteiger partial charge is 0.481 e. The summed E-state index contributed by atoms with van der Waals surface area (Å²) in [6.45, 7) is 0.840. The third kappa shape index (κ3) is 4.29. The lowest BCUT2D eigenvalue weighted by Gasteiger charge is -2.21. The van der Waals surface area contributed by atoms with Gasteiger partial charge in [0, 0.05) is 18.6 Å². The first-order chi connectivity index (χ1) is 8.65.